The summed E-state index contributed by atoms with van der Waals surface area (Å²) in [6.07, 6.45) is 2.51. The maximum atomic E-state index is 14.0. The van der Waals surface area contributed by atoms with Gasteiger partial charge in [-0.3, -0.25) is 4.79 Å². The average molecular weight is 291 g/mol. The van der Waals surface area contributed by atoms with Crippen LogP contribution in [0, 0.1) is 11.2 Å². The number of carboxylic acids is 2. The molecule has 0 saturated heterocycles. The Kier molecular flexibility index (Phi) is 3.55. The van der Waals surface area contributed by atoms with Crippen LogP contribution in [-0.4, -0.2) is 22.2 Å². The topological polar surface area (TPSA) is 101 Å². The first kappa shape index (κ1) is 14.8. The molecule has 4 N–H and O–H groups in total. The van der Waals surface area contributed by atoms with Crippen LogP contribution < -0.4 is 5.73 Å². The van der Waals surface area contributed by atoms with E-state index in [4.69, 9.17) is 10.8 Å². The van der Waals surface area contributed by atoms with E-state index in [1.807, 2.05) is 0 Å². The van der Waals surface area contributed by atoms with Crippen molar-refractivity contribution in [2.24, 2.45) is 5.41 Å². The molecule has 0 saturated carbocycles. The Hall–Kier alpha value is -2.63. The molecule has 1 aromatic carbocycles. The number of allylic oxidation sites excluding steroid dienone is 2. The van der Waals surface area contributed by atoms with Gasteiger partial charge in [0, 0.05) is 16.8 Å². The normalized spacial score (nSPS) is 21.4. The lowest BCUT2D eigenvalue weighted by Gasteiger charge is -2.26. The smallest absolute Gasteiger partial charge is 0.331 e. The first-order valence-corrected chi connectivity index (χ1v) is 6.18. The summed E-state index contributed by atoms with van der Waals surface area (Å²) in [4.78, 5) is 22.6. The van der Waals surface area contributed by atoms with E-state index in [-0.39, 0.29) is 28.8 Å². The molecule has 0 fully saturated rings. The number of benzene rings is 1. The number of nitrogen functional groups attached to an aromatic ring is 1. The number of halogens is 1. The van der Waals surface area contributed by atoms with Gasteiger partial charge < -0.3 is 15.9 Å². The van der Waals surface area contributed by atoms with Gasteiger partial charge in [-0.25, -0.2) is 9.18 Å². The fraction of sp³-hybridized carbons (Fsp3) is 0.200. The van der Waals surface area contributed by atoms with Gasteiger partial charge in [0.15, 0.2) is 0 Å². The van der Waals surface area contributed by atoms with Crippen LogP contribution in [0.3, 0.4) is 0 Å². The van der Waals surface area contributed by atoms with E-state index >= 15 is 0 Å². The second kappa shape index (κ2) is 5.05. The molecule has 5 nitrogen and oxygen atoms in total. The molecule has 1 aromatic rings. The molecule has 0 bridgehead atoms. The summed E-state index contributed by atoms with van der Waals surface area (Å²) >= 11 is 0. The van der Waals surface area contributed by atoms with Crippen molar-refractivity contribution in [2.75, 3.05) is 5.73 Å². The molecule has 1 unspecified atom stereocenters. The van der Waals surface area contributed by atoms with Crippen molar-refractivity contribution in [3.63, 3.8) is 0 Å². The highest BCUT2D eigenvalue weighted by molar-refractivity contribution is 5.96. The summed E-state index contributed by atoms with van der Waals surface area (Å²) in [5, 5.41) is 18.4. The Bertz CT molecular complexity index is 693. The largest absolute Gasteiger partial charge is 0.481 e. The monoisotopic (exact) mass is 291 g/mol. The fourth-order valence-corrected chi connectivity index (χ4v) is 2.27. The zero-order valence-electron chi connectivity index (χ0n) is 11.3. The molecule has 1 atom stereocenters. The predicted octanol–water partition coefficient (Wildman–Crippen LogP) is 2.30. The Morgan fingerprint density at radius 3 is 2.52 bits per heavy atom. The van der Waals surface area contributed by atoms with Crippen LogP contribution >= 0.6 is 0 Å². The highest BCUT2D eigenvalue weighted by Crippen LogP contribution is 2.38. The molecule has 0 amide bonds. The summed E-state index contributed by atoms with van der Waals surface area (Å²) in [7, 11) is 0. The Labute approximate surface area is 120 Å². The summed E-state index contributed by atoms with van der Waals surface area (Å²) in [6.45, 7) is 1.40. The SMILES string of the molecule is CC1(C(=O)O)C=C(c2ccc(N)cc2F)C=C(C(=O)O)C1. The van der Waals surface area contributed by atoms with E-state index in [2.05, 4.69) is 0 Å². The quantitative estimate of drug-likeness (QED) is 0.742. The highest BCUT2D eigenvalue weighted by Gasteiger charge is 2.37. The molecule has 0 spiro atoms. The zero-order chi connectivity index (χ0) is 15.8. The Morgan fingerprint density at radius 1 is 1.33 bits per heavy atom. The average Bonchev–Trinajstić information content (AvgIpc) is 2.37. The van der Waals surface area contributed by atoms with E-state index in [1.165, 1.54) is 31.2 Å². The summed E-state index contributed by atoms with van der Waals surface area (Å²) in [6, 6.07) is 3.98. The summed E-state index contributed by atoms with van der Waals surface area (Å²) in [5.41, 5.74) is 4.57. The maximum absolute atomic E-state index is 14.0. The Balaban J connectivity index is 2.60. The molecule has 2 rings (SSSR count). The highest BCUT2D eigenvalue weighted by atomic mass is 19.1. The van der Waals surface area contributed by atoms with Gasteiger partial charge in [0.2, 0.25) is 0 Å². The van der Waals surface area contributed by atoms with Gasteiger partial charge >= 0.3 is 11.9 Å². The molecular formula is C15H14FNO4. The van der Waals surface area contributed by atoms with Crippen molar-refractivity contribution in [1.82, 2.24) is 0 Å². The van der Waals surface area contributed by atoms with Crippen LogP contribution in [0.4, 0.5) is 10.1 Å². The number of rotatable bonds is 3. The van der Waals surface area contributed by atoms with E-state index < -0.39 is 23.2 Å². The molecule has 1 aliphatic carbocycles. The number of carbonyl (C=O) groups is 2. The molecule has 6 heteroatoms. The molecular weight excluding hydrogens is 277 g/mol. The minimum absolute atomic E-state index is 0.0753. The first-order valence-electron chi connectivity index (χ1n) is 6.18. The van der Waals surface area contributed by atoms with Crippen LogP contribution in [0.15, 0.2) is 35.9 Å². The fourth-order valence-electron chi connectivity index (χ4n) is 2.27. The van der Waals surface area contributed by atoms with Gasteiger partial charge in [-0.05, 0) is 43.2 Å². The second-order valence-corrected chi connectivity index (χ2v) is 5.21. The van der Waals surface area contributed by atoms with E-state index in [1.54, 1.807) is 0 Å². The van der Waals surface area contributed by atoms with E-state index in [0.29, 0.717) is 0 Å². The Morgan fingerprint density at radius 2 is 2.00 bits per heavy atom. The van der Waals surface area contributed by atoms with Gasteiger partial charge in [-0.1, -0.05) is 6.08 Å². The summed E-state index contributed by atoms with van der Waals surface area (Å²) in [5.74, 6) is -3.01. The molecule has 0 aliphatic heterocycles. The lowest BCUT2D eigenvalue weighted by molar-refractivity contribution is -0.145. The van der Waals surface area contributed by atoms with Crippen LogP contribution in [0.5, 0.6) is 0 Å². The van der Waals surface area contributed by atoms with Crippen LogP contribution in [0.2, 0.25) is 0 Å². The molecule has 21 heavy (non-hydrogen) atoms. The lowest BCUT2D eigenvalue weighted by Crippen LogP contribution is -2.29. The van der Waals surface area contributed by atoms with Crippen molar-refractivity contribution < 1.29 is 24.2 Å². The van der Waals surface area contributed by atoms with Crippen molar-refractivity contribution in [3.8, 4) is 0 Å². The third kappa shape index (κ3) is 2.79. The van der Waals surface area contributed by atoms with Gasteiger partial charge in [0.1, 0.15) is 5.82 Å². The van der Waals surface area contributed by atoms with Crippen LogP contribution in [0.1, 0.15) is 18.9 Å². The molecule has 0 aromatic heterocycles. The minimum Gasteiger partial charge on any atom is -0.481 e. The van der Waals surface area contributed by atoms with Gasteiger partial charge in [-0.15, -0.1) is 0 Å². The number of nitrogens with two attached hydrogens (primary N) is 1. The standard InChI is InChI=1S/C15H14FNO4/c1-15(14(20)21)6-8(4-9(7-15)13(18)19)11-3-2-10(17)5-12(11)16/h2-6H,7,17H2,1H3,(H,18,19)(H,20,21). The first-order chi connectivity index (χ1) is 9.73. The van der Waals surface area contributed by atoms with Crippen molar-refractivity contribution in [1.29, 1.82) is 0 Å². The van der Waals surface area contributed by atoms with Crippen molar-refractivity contribution in [2.45, 2.75) is 13.3 Å². The predicted molar refractivity (Wildman–Crippen MR) is 74.9 cm³/mol. The van der Waals surface area contributed by atoms with E-state index in [0.717, 1.165) is 6.07 Å². The minimum atomic E-state index is -1.40. The lowest BCUT2D eigenvalue weighted by atomic mass is 9.76. The zero-order valence-corrected chi connectivity index (χ0v) is 11.3. The van der Waals surface area contributed by atoms with Gasteiger partial charge in [-0.2, -0.15) is 0 Å². The molecule has 110 valence electrons. The molecule has 0 heterocycles. The van der Waals surface area contributed by atoms with Crippen molar-refractivity contribution >= 4 is 23.2 Å². The summed E-state index contributed by atoms with van der Waals surface area (Å²) < 4.78 is 14.0. The maximum Gasteiger partial charge on any atom is 0.331 e. The third-order valence-electron chi connectivity index (χ3n) is 3.43. The molecule has 0 radical (unpaired) electrons. The number of anilines is 1. The van der Waals surface area contributed by atoms with E-state index in [9.17, 15) is 19.1 Å². The number of hydrogen-bond acceptors (Lipinski definition) is 3. The second-order valence-electron chi connectivity index (χ2n) is 5.21. The van der Waals surface area contributed by atoms with Crippen molar-refractivity contribution in [3.05, 3.63) is 47.3 Å². The number of hydrogen-bond donors (Lipinski definition) is 3. The number of aliphatic carboxylic acids is 2. The number of carboxylic acid groups (broad SMARTS) is 2. The molecule has 1 aliphatic rings. The van der Waals surface area contributed by atoms with Crippen LogP contribution in [-0.2, 0) is 9.59 Å². The van der Waals surface area contributed by atoms with Gasteiger partial charge in [0.25, 0.3) is 0 Å². The van der Waals surface area contributed by atoms with Crippen LogP contribution in [0.25, 0.3) is 5.57 Å². The van der Waals surface area contributed by atoms with Gasteiger partial charge in [0.05, 0.1) is 5.41 Å². The third-order valence-corrected chi connectivity index (χ3v) is 3.43.